The van der Waals surface area contributed by atoms with Crippen LogP contribution in [0.1, 0.15) is 19.8 Å². The Balaban J connectivity index is 3.54. The smallest absolute Gasteiger partial charge is 0.307 e. The Hall–Kier alpha value is -0.240. The summed E-state index contributed by atoms with van der Waals surface area (Å²) in [5.41, 5.74) is 0. The van der Waals surface area contributed by atoms with Gasteiger partial charge in [-0.2, -0.15) is 0 Å². The summed E-state index contributed by atoms with van der Waals surface area (Å²) in [5.74, 6) is -0.910. The molecule has 0 bridgehead atoms. The number of hydrogen-bond donors (Lipinski definition) is 1. The van der Waals surface area contributed by atoms with Gasteiger partial charge in [-0.1, -0.05) is 13.3 Å². The van der Waals surface area contributed by atoms with Crippen LogP contribution >= 0.6 is 11.6 Å². The van der Waals surface area contributed by atoms with Gasteiger partial charge in [0, 0.05) is 5.88 Å². The summed E-state index contributed by atoms with van der Waals surface area (Å²) in [6.45, 7) is 1.95. The van der Waals surface area contributed by atoms with Crippen molar-refractivity contribution in [2.45, 2.75) is 19.8 Å². The molecule has 0 radical (unpaired) electrons. The molecule has 0 aromatic heterocycles. The molecule has 3 heteroatoms. The molecule has 2 nitrogen and oxygen atoms in total. The van der Waals surface area contributed by atoms with Crippen molar-refractivity contribution in [2.75, 3.05) is 5.88 Å². The Morgan fingerprint density at radius 1 is 1.78 bits per heavy atom. The van der Waals surface area contributed by atoms with Crippen LogP contribution in [0, 0.1) is 5.92 Å². The number of hydrogen-bond acceptors (Lipinski definition) is 1. The van der Waals surface area contributed by atoms with Crippen molar-refractivity contribution in [3.8, 4) is 0 Å². The molecular formula is C6H11ClO2. The predicted molar refractivity (Wildman–Crippen MR) is 36.8 cm³/mol. The third kappa shape index (κ3) is 3.36. The van der Waals surface area contributed by atoms with E-state index in [2.05, 4.69) is 0 Å². The molecule has 0 rings (SSSR count). The summed E-state index contributed by atoms with van der Waals surface area (Å²) < 4.78 is 0. The molecule has 0 saturated heterocycles. The Kier molecular flexibility index (Phi) is 4.50. The van der Waals surface area contributed by atoms with Gasteiger partial charge in [-0.25, -0.2) is 0 Å². The SMILES string of the molecule is CCC[C@H](CCl)C(=O)O. The Morgan fingerprint density at radius 3 is 2.44 bits per heavy atom. The van der Waals surface area contributed by atoms with E-state index in [1.807, 2.05) is 6.92 Å². The summed E-state index contributed by atoms with van der Waals surface area (Å²) in [7, 11) is 0. The van der Waals surface area contributed by atoms with Crippen LogP contribution in [0.3, 0.4) is 0 Å². The molecule has 9 heavy (non-hydrogen) atoms. The largest absolute Gasteiger partial charge is 0.481 e. The van der Waals surface area contributed by atoms with Crippen molar-refractivity contribution < 1.29 is 9.90 Å². The number of halogens is 1. The lowest BCUT2D eigenvalue weighted by atomic mass is 10.1. The molecule has 0 saturated carbocycles. The minimum atomic E-state index is -0.785. The first kappa shape index (κ1) is 8.76. The number of alkyl halides is 1. The Bertz CT molecular complexity index is 93.1. The van der Waals surface area contributed by atoms with Crippen LogP contribution in [0.2, 0.25) is 0 Å². The van der Waals surface area contributed by atoms with Crippen LogP contribution < -0.4 is 0 Å². The van der Waals surface area contributed by atoms with E-state index in [9.17, 15) is 4.79 Å². The molecule has 0 aliphatic carbocycles. The Morgan fingerprint density at radius 2 is 2.33 bits per heavy atom. The van der Waals surface area contributed by atoms with Crippen LogP contribution in [-0.4, -0.2) is 17.0 Å². The first-order valence-electron chi connectivity index (χ1n) is 3.01. The fraction of sp³-hybridized carbons (Fsp3) is 0.833. The van der Waals surface area contributed by atoms with Crippen molar-refractivity contribution in [1.82, 2.24) is 0 Å². The van der Waals surface area contributed by atoms with Gasteiger partial charge >= 0.3 is 5.97 Å². The quantitative estimate of drug-likeness (QED) is 0.620. The van der Waals surface area contributed by atoms with Crippen LogP contribution in [0.4, 0.5) is 0 Å². The highest BCUT2D eigenvalue weighted by atomic mass is 35.5. The molecule has 0 aliphatic rings. The van der Waals surface area contributed by atoms with Gasteiger partial charge in [0.2, 0.25) is 0 Å². The molecule has 1 N–H and O–H groups in total. The zero-order chi connectivity index (χ0) is 7.28. The minimum Gasteiger partial charge on any atom is -0.481 e. The topological polar surface area (TPSA) is 37.3 Å². The molecular weight excluding hydrogens is 140 g/mol. The van der Waals surface area contributed by atoms with Gasteiger partial charge in [-0.15, -0.1) is 11.6 Å². The summed E-state index contributed by atoms with van der Waals surface area (Å²) >= 11 is 5.36. The van der Waals surface area contributed by atoms with Gasteiger partial charge in [-0.3, -0.25) is 4.79 Å². The fourth-order valence-electron chi connectivity index (χ4n) is 0.615. The highest BCUT2D eigenvalue weighted by Crippen LogP contribution is 2.07. The molecule has 0 heterocycles. The van der Waals surface area contributed by atoms with E-state index in [4.69, 9.17) is 16.7 Å². The number of rotatable bonds is 4. The third-order valence-electron chi connectivity index (χ3n) is 1.17. The molecule has 54 valence electrons. The van der Waals surface area contributed by atoms with Crippen molar-refractivity contribution in [2.24, 2.45) is 5.92 Å². The zero-order valence-corrected chi connectivity index (χ0v) is 6.19. The van der Waals surface area contributed by atoms with Crippen LogP contribution in [0.25, 0.3) is 0 Å². The normalized spacial score (nSPS) is 13.1. The van der Waals surface area contributed by atoms with Crippen molar-refractivity contribution in [3.05, 3.63) is 0 Å². The second-order valence-corrected chi connectivity index (χ2v) is 2.29. The summed E-state index contributed by atoms with van der Waals surface area (Å²) in [6.07, 6.45) is 1.56. The number of carboxylic acid groups (broad SMARTS) is 1. The lowest BCUT2D eigenvalue weighted by molar-refractivity contribution is -0.141. The Labute approximate surface area is 59.8 Å². The molecule has 0 amide bonds. The average molecular weight is 151 g/mol. The van der Waals surface area contributed by atoms with E-state index in [0.29, 0.717) is 6.42 Å². The van der Waals surface area contributed by atoms with Crippen LogP contribution in [-0.2, 0) is 4.79 Å². The maximum atomic E-state index is 10.2. The highest BCUT2D eigenvalue weighted by Gasteiger charge is 2.13. The van der Waals surface area contributed by atoms with Gasteiger partial charge in [-0.05, 0) is 6.42 Å². The number of carboxylic acids is 1. The van der Waals surface area contributed by atoms with Gasteiger partial charge in [0.05, 0.1) is 5.92 Å². The lowest BCUT2D eigenvalue weighted by Gasteiger charge is -2.04. The summed E-state index contributed by atoms with van der Waals surface area (Å²) in [4.78, 5) is 10.2. The first-order valence-corrected chi connectivity index (χ1v) is 3.54. The zero-order valence-electron chi connectivity index (χ0n) is 5.43. The second kappa shape index (κ2) is 4.62. The minimum absolute atomic E-state index is 0.225. The maximum absolute atomic E-state index is 10.2. The van der Waals surface area contributed by atoms with Gasteiger partial charge in [0.1, 0.15) is 0 Å². The lowest BCUT2D eigenvalue weighted by Crippen LogP contribution is -2.14. The van der Waals surface area contributed by atoms with Gasteiger partial charge in [0.25, 0.3) is 0 Å². The molecule has 0 aromatic carbocycles. The number of carbonyl (C=O) groups is 1. The van der Waals surface area contributed by atoms with Crippen molar-refractivity contribution in [3.63, 3.8) is 0 Å². The second-order valence-electron chi connectivity index (χ2n) is 1.98. The fourth-order valence-corrected chi connectivity index (χ4v) is 0.901. The van der Waals surface area contributed by atoms with Gasteiger partial charge < -0.3 is 5.11 Å². The number of aliphatic carboxylic acids is 1. The summed E-state index contributed by atoms with van der Waals surface area (Å²) in [6, 6.07) is 0. The summed E-state index contributed by atoms with van der Waals surface area (Å²) in [5, 5.41) is 8.42. The van der Waals surface area contributed by atoms with E-state index in [1.54, 1.807) is 0 Å². The van der Waals surface area contributed by atoms with E-state index < -0.39 is 5.97 Å². The molecule has 1 atom stereocenters. The predicted octanol–water partition coefficient (Wildman–Crippen LogP) is 1.73. The molecule has 0 unspecified atom stereocenters. The highest BCUT2D eigenvalue weighted by molar-refractivity contribution is 6.19. The van der Waals surface area contributed by atoms with E-state index >= 15 is 0 Å². The monoisotopic (exact) mass is 150 g/mol. The molecule has 0 aromatic rings. The van der Waals surface area contributed by atoms with Gasteiger partial charge in [0.15, 0.2) is 0 Å². The van der Waals surface area contributed by atoms with E-state index in [1.165, 1.54) is 0 Å². The molecule has 0 aliphatic heterocycles. The van der Waals surface area contributed by atoms with E-state index in [0.717, 1.165) is 6.42 Å². The molecule has 0 fully saturated rings. The average Bonchev–Trinajstić information content (AvgIpc) is 1.82. The molecule has 0 spiro atoms. The third-order valence-corrected chi connectivity index (χ3v) is 1.55. The van der Waals surface area contributed by atoms with Crippen molar-refractivity contribution >= 4 is 17.6 Å². The first-order chi connectivity index (χ1) is 4.22. The van der Waals surface area contributed by atoms with Crippen molar-refractivity contribution in [1.29, 1.82) is 0 Å². The standard InChI is InChI=1S/C6H11ClO2/c1-2-3-5(4-7)6(8)9/h5H,2-4H2,1H3,(H,8,9)/t5-/m1/s1. The van der Waals surface area contributed by atoms with Crippen LogP contribution in [0.15, 0.2) is 0 Å². The maximum Gasteiger partial charge on any atom is 0.307 e. The van der Waals surface area contributed by atoms with Crippen LogP contribution in [0.5, 0.6) is 0 Å². The van der Waals surface area contributed by atoms with E-state index in [-0.39, 0.29) is 11.8 Å².